The van der Waals surface area contributed by atoms with Crippen molar-refractivity contribution in [3.8, 4) is 0 Å². The van der Waals surface area contributed by atoms with Gasteiger partial charge in [-0.3, -0.25) is 4.79 Å². The van der Waals surface area contributed by atoms with Gasteiger partial charge in [0.15, 0.2) is 0 Å². The number of carbonyl (C=O) groups is 1. The van der Waals surface area contributed by atoms with E-state index in [4.69, 9.17) is 0 Å². The average Bonchev–Trinajstić information content (AvgIpc) is 3.27. The summed E-state index contributed by atoms with van der Waals surface area (Å²) < 4.78 is 1.87. The standard InChI is InChI=1S/C20H29N5O/c1-4-13-25-18(21-14-22-25)16(3)23-19(26)20(11-5-6-12-20)24-17-9-7-15(2)8-10-17/h7-10,14,16,24H,4-6,11-13H2,1-3H3,(H,23,26). The van der Waals surface area contributed by atoms with Gasteiger partial charge in [0.1, 0.15) is 17.7 Å². The number of benzene rings is 1. The van der Waals surface area contributed by atoms with Gasteiger partial charge in [-0.15, -0.1) is 0 Å². The number of aryl methyl sites for hydroxylation is 2. The number of aromatic nitrogens is 3. The SMILES string of the molecule is CCCn1ncnc1C(C)NC(=O)C1(Nc2ccc(C)cc2)CCCC1. The van der Waals surface area contributed by atoms with E-state index in [1.165, 1.54) is 5.56 Å². The van der Waals surface area contributed by atoms with Gasteiger partial charge in [0.25, 0.3) is 0 Å². The smallest absolute Gasteiger partial charge is 0.246 e. The highest BCUT2D eigenvalue weighted by Gasteiger charge is 2.41. The van der Waals surface area contributed by atoms with Crippen LogP contribution in [0.3, 0.4) is 0 Å². The second-order valence-electron chi connectivity index (χ2n) is 7.32. The van der Waals surface area contributed by atoms with Crippen LogP contribution in [0.2, 0.25) is 0 Å². The highest BCUT2D eigenvalue weighted by Crippen LogP contribution is 2.34. The van der Waals surface area contributed by atoms with Crippen LogP contribution in [0.4, 0.5) is 5.69 Å². The van der Waals surface area contributed by atoms with Gasteiger partial charge in [-0.1, -0.05) is 37.5 Å². The molecule has 0 saturated heterocycles. The van der Waals surface area contributed by atoms with Crippen LogP contribution in [-0.2, 0) is 11.3 Å². The van der Waals surface area contributed by atoms with Gasteiger partial charge in [0.2, 0.25) is 5.91 Å². The molecule has 1 amide bonds. The third-order valence-electron chi connectivity index (χ3n) is 5.14. The lowest BCUT2D eigenvalue weighted by molar-refractivity contribution is -0.126. The number of carbonyl (C=O) groups excluding carboxylic acids is 1. The van der Waals surface area contributed by atoms with Crippen LogP contribution in [0.5, 0.6) is 0 Å². The highest BCUT2D eigenvalue weighted by atomic mass is 16.2. The minimum atomic E-state index is -0.543. The number of nitrogens with zero attached hydrogens (tertiary/aromatic N) is 3. The number of nitrogens with one attached hydrogen (secondary N) is 2. The first-order valence-corrected chi connectivity index (χ1v) is 9.57. The Bertz CT molecular complexity index is 731. The summed E-state index contributed by atoms with van der Waals surface area (Å²) in [5.41, 5.74) is 1.66. The predicted octanol–water partition coefficient (Wildman–Crippen LogP) is 3.60. The predicted molar refractivity (Wildman–Crippen MR) is 103 cm³/mol. The van der Waals surface area contributed by atoms with E-state index in [0.717, 1.165) is 50.2 Å². The van der Waals surface area contributed by atoms with Gasteiger partial charge in [0, 0.05) is 12.2 Å². The molecule has 0 bridgehead atoms. The zero-order valence-electron chi connectivity index (χ0n) is 16.0. The lowest BCUT2D eigenvalue weighted by Crippen LogP contribution is -2.51. The molecular weight excluding hydrogens is 326 g/mol. The van der Waals surface area contributed by atoms with E-state index in [9.17, 15) is 4.79 Å². The van der Waals surface area contributed by atoms with Gasteiger partial charge in [-0.25, -0.2) is 9.67 Å². The molecule has 1 fully saturated rings. The fraction of sp³-hybridized carbons (Fsp3) is 0.550. The van der Waals surface area contributed by atoms with Crippen LogP contribution in [0.15, 0.2) is 30.6 Å². The summed E-state index contributed by atoms with van der Waals surface area (Å²) in [6.45, 7) is 6.95. The molecule has 2 N–H and O–H groups in total. The Labute approximate surface area is 155 Å². The molecule has 140 valence electrons. The molecule has 0 radical (unpaired) electrons. The van der Waals surface area contributed by atoms with Gasteiger partial charge in [-0.2, -0.15) is 5.10 Å². The van der Waals surface area contributed by atoms with Crippen molar-refractivity contribution in [2.24, 2.45) is 0 Å². The summed E-state index contributed by atoms with van der Waals surface area (Å²) in [6.07, 6.45) is 6.36. The Balaban J connectivity index is 1.74. The number of amides is 1. The van der Waals surface area contributed by atoms with Crippen molar-refractivity contribution in [2.75, 3.05) is 5.32 Å². The molecule has 1 aliphatic carbocycles. The fourth-order valence-electron chi connectivity index (χ4n) is 3.69. The molecule has 6 nitrogen and oxygen atoms in total. The van der Waals surface area contributed by atoms with Crippen molar-refractivity contribution in [1.29, 1.82) is 0 Å². The van der Waals surface area contributed by atoms with Crippen LogP contribution in [0.25, 0.3) is 0 Å². The molecule has 6 heteroatoms. The van der Waals surface area contributed by atoms with Gasteiger partial charge in [0.05, 0.1) is 6.04 Å². The van der Waals surface area contributed by atoms with Crippen LogP contribution in [0.1, 0.15) is 63.4 Å². The van der Waals surface area contributed by atoms with Crippen LogP contribution in [0, 0.1) is 6.92 Å². The fourth-order valence-corrected chi connectivity index (χ4v) is 3.69. The zero-order valence-corrected chi connectivity index (χ0v) is 16.0. The van der Waals surface area contributed by atoms with Crippen molar-refractivity contribution in [3.63, 3.8) is 0 Å². The molecule has 1 aliphatic rings. The summed E-state index contributed by atoms with van der Waals surface area (Å²) >= 11 is 0. The van der Waals surface area contributed by atoms with E-state index in [1.807, 2.05) is 23.7 Å². The van der Waals surface area contributed by atoms with E-state index in [1.54, 1.807) is 6.33 Å². The normalized spacial score (nSPS) is 17.0. The topological polar surface area (TPSA) is 71.8 Å². The van der Waals surface area contributed by atoms with Crippen LogP contribution >= 0.6 is 0 Å². The first-order valence-electron chi connectivity index (χ1n) is 9.57. The number of anilines is 1. The molecule has 0 aliphatic heterocycles. The van der Waals surface area contributed by atoms with E-state index in [2.05, 4.69) is 46.7 Å². The van der Waals surface area contributed by atoms with Crippen molar-refractivity contribution in [1.82, 2.24) is 20.1 Å². The molecule has 3 rings (SSSR count). The van der Waals surface area contributed by atoms with E-state index in [-0.39, 0.29) is 11.9 Å². The van der Waals surface area contributed by atoms with Crippen molar-refractivity contribution in [3.05, 3.63) is 42.0 Å². The maximum atomic E-state index is 13.2. The molecule has 1 aromatic heterocycles. The molecule has 2 aromatic rings. The van der Waals surface area contributed by atoms with E-state index >= 15 is 0 Å². The quantitative estimate of drug-likeness (QED) is 0.796. The highest BCUT2D eigenvalue weighted by molar-refractivity contribution is 5.90. The second-order valence-corrected chi connectivity index (χ2v) is 7.32. The first-order chi connectivity index (χ1) is 12.5. The van der Waals surface area contributed by atoms with E-state index < -0.39 is 5.54 Å². The Kier molecular flexibility index (Phi) is 5.59. The second kappa shape index (κ2) is 7.89. The van der Waals surface area contributed by atoms with Gasteiger partial charge >= 0.3 is 0 Å². The van der Waals surface area contributed by atoms with Crippen LogP contribution < -0.4 is 10.6 Å². The van der Waals surface area contributed by atoms with Gasteiger partial charge in [-0.05, 0) is 45.2 Å². The third-order valence-corrected chi connectivity index (χ3v) is 5.14. The summed E-state index contributed by atoms with van der Waals surface area (Å²) in [7, 11) is 0. The van der Waals surface area contributed by atoms with Crippen molar-refractivity contribution in [2.45, 2.75) is 71.0 Å². The maximum Gasteiger partial charge on any atom is 0.246 e. The largest absolute Gasteiger partial charge is 0.371 e. The molecule has 1 heterocycles. The molecule has 26 heavy (non-hydrogen) atoms. The Morgan fingerprint density at radius 3 is 2.62 bits per heavy atom. The lowest BCUT2D eigenvalue weighted by Gasteiger charge is -2.31. The molecule has 1 unspecified atom stereocenters. The van der Waals surface area contributed by atoms with Crippen molar-refractivity contribution < 1.29 is 4.79 Å². The summed E-state index contributed by atoms with van der Waals surface area (Å²) in [5, 5.41) is 11.0. The molecule has 1 saturated carbocycles. The maximum absolute atomic E-state index is 13.2. The third kappa shape index (κ3) is 3.89. The minimum Gasteiger partial charge on any atom is -0.371 e. The monoisotopic (exact) mass is 355 g/mol. The lowest BCUT2D eigenvalue weighted by atomic mass is 9.95. The first kappa shape index (κ1) is 18.4. The Morgan fingerprint density at radius 2 is 1.96 bits per heavy atom. The van der Waals surface area contributed by atoms with Crippen LogP contribution in [-0.4, -0.2) is 26.2 Å². The summed E-state index contributed by atoms with van der Waals surface area (Å²) in [6, 6.07) is 8.06. The number of hydrogen-bond acceptors (Lipinski definition) is 4. The number of hydrogen-bond donors (Lipinski definition) is 2. The zero-order chi connectivity index (χ0) is 18.6. The summed E-state index contributed by atoms with van der Waals surface area (Å²) in [5.74, 6) is 0.859. The number of rotatable bonds is 7. The average molecular weight is 355 g/mol. The molecule has 1 atom stereocenters. The Hall–Kier alpha value is -2.37. The minimum absolute atomic E-state index is 0.0501. The van der Waals surface area contributed by atoms with E-state index in [0.29, 0.717) is 0 Å². The Morgan fingerprint density at radius 1 is 1.27 bits per heavy atom. The summed E-state index contributed by atoms with van der Waals surface area (Å²) in [4.78, 5) is 17.5. The molecule has 1 aromatic carbocycles. The molecule has 0 spiro atoms. The molecular formula is C20H29N5O. The van der Waals surface area contributed by atoms with Gasteiger partial charge < -0.3 is 10.6 Å². The van der Waals surface area contributed by atoms with Crippen molar-refractivity contribution >= 4 is 11.6 Å².